The summed E-state index contributed by atoms with van der Waals surface area (Å²) in [6.45, 7) is 0.649. The largest absolute Gasteiger partial charge is 0.366 e. The Kier molecular flexibility index (Phi) is 4.48. The normalized spacial score (nSPS) is 13.5. The van der Waals surface area contributed by atoms with Gasteiger partial charge in [0.2, 0.25) is 5.95 Å². The van der Waals surface area contributed by atoms with Crippen LogP contribution >= 0.6 is 11.6 Å². The van der Waals surface area contributed by atoms with Crippen molar-refractivity contribution in [3.63, 3.8) is 0 Å². The van der Waals surface area contributed by atoms with E-state index in [1.54, 1.807) is 12.4 Å². The third-order valence-corrected chi connectivity index (χ3v) is 4.21. The molecule has 5 nitrogen and oxygen atoms in total. The highest BCUT2D eigenvalue weighted by atomic mass is 35.5. The molecule has 0 atom stereocenters. The molecule has 2 N–H and O–H groups in total. The number of anilines is 2. The van der Waals surface area contributed by atoms with Gasteiger partial charge in [-0.25, -0.2) is 4.98 Å². The van der Waals surface area contributed by atoms with Crippen LogP contribution in [0, 0.1) is 0 Å². The zero-order valence-electron chi connectivity index (χ0n) is 13.6. The van der Waals surface area contributed by atoms with Gasteiger partial charge in [0, 0.05) is 41.6 Å². The van der Waals surface area contributed by atoms with Crippen molar-refractivity contribution in [2.75, 3.05) is 10.6 Å². The van der Waals surface area contributed by atoms with E-state index in [0.717, 1.165) is 27.7 Å². The Balaban J connectivity index is 1.59. The Morgan fingerprint density at radius 3 is 2.64 bits per heavy atom. The molecule has 0 saturated heterocycles. The van der Waals surface area contributed by atoms with Crippen LogP contribution in [-0.2, 0) is 6.54 Å². The van der Waals surface area contributed by atoms with Crippen molar-refractivity contribution in [3.8, 4) is 11.3 Å². The minimum Gasteiger partial charge on any atom is -0.366 e. The molecule has 1 aliphatic rings. The first-order valence-corrected chi connectivity index (χ1v) is 8.68. The Morgan fingerprint density at radius 1 is 1.04 bits per heavy atom. The van der Waals surface area contributed by atoms with Crippen molar-refractivity contribution < 1.29 is 0 Å². The Labute approximate surface area is 151 Å². The average Bonchev–Trinajstić information content (AvgIpc) is 3.45. The Hall–Kier alpha value is -2.66. The highest BCUT2D eigenvalue weighted by Gasteiger charge is 2.22. The smallest absolute Gasteiger partial charge is 0.225 e. The number of pyridine rings is 1. The summed E-state index contributed by atoms with van der Waals surface area (Å²) in [6, 6.07) is 14.1. The maximum atomic E-state index is 6.05. The molecule has 0 unspecified atom stereocenters. The summed E-state index contributed by atoms with van der Waals surface area (Å²) in [5.74, 6) is 1.44. The molecule has 0 spiro atoms. The third-order valence-electron chi connectivity index (χ3n) is 3.98. The molecule has 0 amide bonds. The first-order valence-electron chi connectivity index (χ1n) is 8.30. The summed E-state index contributed by atoms with van der Waals surface area (Å²) in [6.07, 6.45) is 5.89. The van der Waals surface area contributed by atoms with Gasteiger partial charge in [0.05, 0.1) is 5.69 Å². The molecule has 2 heterocycles. The zero-order valence-corrected chi connectivity index (χ0v) is 14.4. The van der Waals surface area contributed by atoms with E-state index < -0.39 is 0 Å². The van der Waals surface area contributed by atoms with Gasteiger partial charge in [0.1, 0.15) is 5.82 Å². The van der Waals surface area contributed by atoms with Crippen molar-refractivity contribution in [1.82, 2.24) is 15.0 Å². The zero-order chi connectivity index (χ0) is 17.1. The number of aromatic nitrogens is 3. The highest BCUT2D eigenvalue weighted by Crippen LogP contribution is 2.26. The second kappa shape index (κ2) is 7.07. The van der Waals surface area contributed by atoms with E-state index in [0.29, 0.717) is 18.5 Å². The van der Waals surface area contributed by atoms with Crippen molar-refractivity contribution in [2.24, 2.45) is 0 Å². The van der Waals surface area contributed by atoms with E-state index in [2.05, 4.69) is 25.6 Å². The lowest BCUT2D eigenvalue weighted by atomic mass is 10.2. The van der Waals surface area contributed by atoms with Crippen LogP contribution in [0.3, 0.4) is 0 Å². The fourth-order valence-electron chi connectivity index (χ4n) is 2.52. The molecule has 0 radical (unpaired) electrons. The minimum atomic E-state index is 0.494. The standard InChI is InChI=1S/C19H18ClN5/c20-15-3-1-2-13(10-15)12-22-18-11-17(14-6-8-21-9-7-14)24-19(25-18)23-16-4-5-16/h1-3,6-11,16H,4-5,12H2,(H2,22,23,24,25). The summed E-state index contributed by atoms with van der Waals surface area (Å²) in [4.78, 5) is 13.3. The van der Waals surface area contributed by atoms with Crippen LogP contribution in [0.25, 0.3) is 11.3 Å². The van der Waals surface area contributed by atoms with Gasteiger partial charge in [-0.2, -0.15) is 4.98 Å². The topological polar surface area (TPSA) is 62.7 Å². The first kappa shape index (κ1) is 15.8. The van der Waals surface area contributed by atoms with Crippen LogP contribution in [0.5, 0.6) is 0 Å². The molecule has 4 rings (SSSR count). The van der Waals surface area contributed by atoms with Gasteiger partial charge in [0.15, 0.2) is 0 Å². The molecular formula is C19H18ClN5. The number of hydrogen-bond acceptors (Lipinski definition) is 5. The SMILES string of the molecule is Clc1cccc(CNc2cc(-c3ccncc3)nc(NC3CC3)n2)c1. The van der Waals surface area contributed by atoms with Gasteiger partial charge in [0.25, 0.3) is 0 Å². The number of rotatable bonds is 6. The number of nitrogens with one attached hydrogen (secondary N) is 2. The van der Waals surface area contributed by atoms with Gasteiger partial charge >= 0.3 is 0 Å². The van der Waals surface area contributed by atoms with E-state index in [4.69, 9.17) is 11.6 Å². The molecular weight excluding hydrogens is 334 g/mol. The molecule has 2 aromatic heterocycles. The van der Waals surface area contributed by atoms with E-state index in [1.165, 1.54) is 12.8 Å². The van der Waals surface area contributed by atoms with Crippen LogP contribution in [-0.4, -0.2) is 21.0 Å². The lowest BCUT2D eigenvalue weighted by molar-refractivity contribution is 1.04. The molecule has 1 fully saturated rings. The van der Waals surface area contributed by atoms with Crippen molar-refractivity contribution in [1.29, 1.82) is 0 Å². The summed E-state index contributed by atoms with van der Waals surface area (Å²) in [5.41, 5.74) is 2.99. The molecule has 1 aromatic carbocycles. The van der Waals surface area contributed by atoms with Crippen molar-refractivity contribution >= 4 is 23.4 Å². The summed E-state index contributed by atoms with van der Waals surface area (Å²) in [5, 5.41) is 7.47. The lowest BCUT2D eigenvalue weighted by Gasteiger charge is -2.11. The van der Waals surface area contributed by atoms with Crippen molar-refractivity contribution in [3.05, 3.63) is 65.4 Å². The van der Waals surface area contributed by atoms with Gasteiger partial charge in [-0.15, -0.1) is 0 Å². The average molecular weight is 352 g/mol. The van der Waals surface area contributed by atoms with Gasteiger partial charge in [-0.3, -0.25) is 4.98 Å². The van der Waals surface area contributed by atoms with Crippen LogP contribution in [0.1, 0.15) is 18.4 Å². The lowest BCUT2D eigenvalue weighted by Crippen LogP contribution is -2.09. The van der Waals surface area contributed by atoms with Crippen molar-refractivity contribution in [2.45, 2.75) is 25.4 Å². The van der Waals surface area contributed by atoms with Crippen LogP contribution in [0.4, 0.5) is 11.8 Å². The molecule has 0 bridgehead atoms. The fraction of sp³-hybridized carbons (Fsp3) is 0.211. The Morgan fingerprint density at radius 2 is 1.88 bits per heavy atom. The van der Waals surface area contributed by atoms with E-state index in [9.17, 15) is 0 Å². The van der Waals surface area contributed by atoms with E-state index >= 15 is 0 Å². The predicted octanol–water partition coefficient (Wildman–Crippen LogP) is 4.38. The van der Waals surface area contributed by atoms with Gasteiger partial charge < -0.3 is 10.6 Å². The highest BCUT2D eigenvalue weighted by molar-refractivity contribution is 6.30. The fourth-order valence-corrected chi connectivity index (χ4v) is 2.74. The summed E-state index contributed by atoms with van der Waals surface area (Å²) >= 11 is 6.05. The number of nitrogens with zero attached hydrogens (tertiary/aromatic N) is 3. The van der Waals surface area contributed by atoms with Crippen LogP contribution in [0.15, 0.2) is 54.9 Å². The molecule has 6 heteroatoms. The second-order valence-electron chi connectivity index (χ2n) is 6.10. The number of benzene rings is 1. The van der Waals surface area contributed by atoms with Crippen LogP contribution < -0.4 is 10.6 Å². The molecule has 3 aromatic rings. The Bertz CT molecular complexity index is 865. The monoisotopic (exact) mass is 351 g/mol. The molecule has 25 heavy (non-hydrogen) atoms. The second-order valence-corrected chi connectivity index (χ2v) is 6.54. The number of halogens is 1. The number of hydrogen-bond donors (Lipinski definition) is 2. The van der Waals surface area contributed by atoms with Gasteiger partial charge in [-0.1, -0.05) is 23.7 Å². The molecule has 1 aliphatic carbocycles. The predicted molar refractivity (Wildman–Crippen MR) is 101 cm³/mol. The van der Waals surface area contributed by atoms with E-state index in [-0.39, 0.29) is 0 Å². The quantitative estimate of drug-likeness (QED) is 0.690. The van der Waals surface area contributed by atoms with Gasteiger partial charge in [-0.05, 0) is 42.7 Å². The molecule has 1 saturated carbocycles. The molecule has 126 valence electrons. The van der Waals surface area contributed by atoms with E-state index in [1.807, 2.05) is 42.5 Å². The summed E-state index contributed by atoms with van der Waals surface area (Å²) in [7, 11) is 0. The maximum absolute atomic E-state index is 6.05. The first-order chi connectivity index (χ1) is 12.3. The summed E-state index contributed by atoms with van der Waals surface area (Å²) < 4.78 is 0. The third kappa shape index (κ3) is 4.25. The maximum Gasteiger partial charge on any atom is 0.225 e. The molecule has 0 aliphatic heterocycles. The minimum absolute atomic E-state index is 0.494. The van der Waals surface area contributed by atoms with Crippen LogP contribution in [0.2, 0.25) is 5.02 Å².